The molecule has 24 heavy (non-hydrogen) atoms. The van der Waals surface area contributed by atoms with Gasteiger partial charge < -0.3 is 14.6 Å². The van der Waals surface area contributed by atoms with Gasteiger partial charge in [-0.05, 0) is 44.0 Å². The number of fused-ring (bicyclic) bond motifs is 1. The van der Waals surface area contributed by atoms with E-state index < -0.39 is 0 Å². The van der Waals surface area contributed by atoms with Crippen LogP contribution in [0.3, 0.4) is 0 Å². The summed E-state index contributed by atoms with van der Waals surface area (Å²) in [6.07, 6.45) is 0. The molecule has 0 bridgehead atoms. The van der Waals surface area contributed by atoms with Crippen molar-refractivity contribution in [1.29, 1.82) is 0 Å². The number of phenols is 1. The van der Waals surface area contributed by atoms with Crippen LogP contribution in [-0.2, 0) is 0 Å². The number of benzene rings is 2. The summed E-state index contributed by atoms with van der Waals surface area (Å²) in [5.41, 5.74) is 3.84. The van der Waals surface area contributed by atoms with E-state index in [4.69, 9.17) is 13.9 Å². The van der Waals surface area contributed by atoms with Gasteiger partial charge in [-0.2, -0.15) is 0 Å². The van der Waals surface area contributed by atoms with Crippen molar-refractivity contribution in [2.24, 2.45) is 0 Å². The molecule has 0 atom stereocenters. The zero-order chi connectivity index (χ0) is 17.3. The first-order valence-corrected chi connectivity index (χ1v) is 7.91. The van der Waals surface area contributed by atoms with Crippen LogP contribution in [0.5, 0.6) is 17.2 Å². The van der Waals surface area contributed by atoms with Crippen molar-refractivity contribution in [1.82, 2.24) is 0 Å². The highest BCUT2D eigenvalue weighted by Gasteiger charge is 2.22. The third kappa shape index (κ3) is 2.87. The van der Waals surface area contributed by atoms with Gasteiger partial charge in [-0.3, -0.25) is 0 Å². The van der Waals surface area contributed by atoms with Crippen LogP contribution in [0.2, 0.25) is 0 Å². The standard InChI is InChI=1S/C20H20O4/c1-5-23-18-11-16(14-6-7-15(21)17(10-14)22-4)24-19-9-12(2)8-13(3)20(18)19/h6-11H,5H2,1-4H3/p+1. The molecule has 124 valence electrons. The Morgan fingerprint density at radius 1 is 1.04 bits per heavy atom. The highest BCUT2D eigenvalue weighted by Crippen LogP contribution is 2.37. The minimum absolute atomic E-state index is 0.0961. The first kappa shape index (κ1) is 16.1. The largest absolute Gasteiger partial charge is 0.504 e. The molecule has 1 N–H and O–H groups in total. The smallest absolute Gasteiger partial charge is 0.365 e. The van der Waals surface area contributed by atoms with Gasteiger partial charge in [-0.1, -0.05) is 6.07 Å². The predicted octanol–water partition coefficient (Wildman–Crippen LogP) is 5.11. The zero-order valence-electron chi connectivity index (χ0n) is 14.3. The number of ether oxygens (including phenoxy) is 2. The van der Waals surface area contributed by atoms with E-state index in [9.17, 15) is 5.11 Å². The maximum Gasteiger partial charge on any atom is 0.365 e. The van der Waals surface area contributed by atoms with Gasteiger partial charge in [-0.15, -0.1) is 0 Å². The maximum atomic E-state index is 9.78. The van der Waals surface area contributed by atoms with Gasteiger partial charge in [0.1, 0.15) is 11.1 Å². The summed E-state index contributed by atoms with van der Waals surface area (Å²) in [6, 6.07) is 11.1. The van der Waals surface area contributed by atoms with Crippen molar-refractivity contribution in [3.63, 3.8) is 0 Å². The molecule has 4 heteroatoms. The Balaban J connectivity index is 2.25. The lowest BCUT2D eigenvalue weighted by Gasteiger charge is -2.07. The van der Waals surface area contributed by atoms with Crippen molar-refractivity contribution < 1.29 is 19.0 Å². The molecule has 0 aliphatic heterocycles. The van der Waals surface area contributed by atoms with Crippen molar-refractivity contribution >= 4 is 11.0 Å². The average molecular weight is 325 g/mol. The maximum absolute atomic E-state index is 9.78. The summed E-state index contributed by atoms with van der Waals surface area (Å²) in [7, 11) is 1.52. The molecule has 3 rings (SSSR count). The highest BCUT2D eigenvalue weighted by molar-refractivity contribution is 5.89. The molecule has 0 saturated heterocycles. The fourth-order valence-electron chi connectivity index (χ4n) is 2.91. The Morgan fingerprint density at radius 3 is 2.54 bits per heavy atom. The molecule has 0 fully saturated rings. The molecule has 0 aliphatic carbocycles. The van der Waals surface area contributed by atoms with E-state index in [0.29, 0.717) is 18.1 Å². The van der Waals surface area contributed by atoms with E-state index in [1.807, 2.05) is 26.0 Å². The fraction of sp³-hybridized carbons (Fsp3) is 0.250. The number of hydrogen-bond donors (Lipinski definition) is 1. The predicted molar refractivity (Wildman–Crippen MR) is 94.9 cm³/mol. The van der Waals surface area contributed by atoms with Crippen molar-refractivity contribution in [2.75, 3.05) is 13.7 Å². The summed E-state index contributed by atoms with van der Waals surface area (Å²) in [5.74, 6) is 1.95. The van der Waals surface area contributed by atoms with Crippen LogP contribution in [0.15, 0.2) is 40.8 Å². The number of rotatable bonds is 4. The Hall–Kier alpha value is -2.75. The summed E-state index contributed by atoms with van der Waals surface area (Å²) >= 11 is 0. The average Bonchev–Trinajstić information content (AvgIpc) is 2.54. The molecule has 0 unspecified atom stereocenters. The third-order valence-corrected chi connectivity index (χ3v) is 3.94. The first-order chi connectivity index (χ1) is 11.5. The van der Waals surface area contributed by atoms with Gasteiger partial charge in [0, 0.05) is 12.1 Å². The van der Waals surface area contributed by atoms with Crippen LogP contribution in [0.25, 0.3) is 22.3 Å². The Bertz CT molecular complexity index is 900. The molecule has 0 saturated carbocycles. The molecule has 4 nitrogen and oxygen atoms in total. The van der Waals surface area contributed by atoms with Crippen molar-refractivity contribution in [3.8, 4) is 28.6 Å². The van der Waals surface area contributed by atoms with Crippen LogP contribution in [0.1, 0.15) is 18.1 Å². The molecular weight excluding hydrogens is 304 g/mol. The molecule has 0 radical (unpaired) electrons. The lowest BCUT2D eigenvalue weighted by atomic mass is 10.0. The molecule has 1 heterocycles. The number of phenolic OH excluding ortho intramolecular Hbond substituents is 1. The molecule has 3 aromatic rings. The molecule has 0 aliphatic rings. The molecule has 2 aromatic carbocycles. The number of aromatic hydroxyl groups is 1. The van der Waals surface area contributed by atoms with Crippen LogP contribution in [0.4, 0.5) is 0 Å². The van der Waals surface area contributed by atoms with E-state index in [2.05, 4.69) is 13.0 Å². The fourth-order valence-corrected chi connectivity index (χ4v) is 2.91. The van der Waals surface area contributed by atoms with E-state index >= 15 is 0 Å². The quantitative estimate of drug-likeness (QED) is 0.677. The van der Waals surface area contributed by atoms with Gasteiger partial charge in [0.2, 0.25) is 0 Å². The topological polar surface area (TPSA) is 50.0 Å². The summed E-state index contributed by atoms with van der Waals surface area (Å²) in [4.78, 5) is 0. The van der Waals surface area contributed by atoms with Crippen molar-refractivity contribution in [2.45, 2.75) is 20.8 Å². The monoisotopic (exact) mass is 325 g/mol. The third-order valence-electron chi connectivity index (χ3n) is 3.94. The van der Waals surface area contributed by atoms with E-state index in [0.717, 1.165) is 33.4 Å². The second kappa shape index (κ2) is 6.40. The molecule has 0 amide bonds. The van der Waals surface area contributed by atoms with Gasteiger partial charge >= 0.3 is 11.3 Å². The van der Waals surface area contributed by atoms with Crippen LogP contribution < -0.4 is 9.47 Å². The van der Waals surface area contributed by atoms with Crippen LogP contribution in [0, 0.1) is 13.8 Å². The highest BCUT2D eigenvalue weighted by atomic mass is 16.5. The van der Waals surface area contributed by atoms with Gasteiger partial charge in [-0.25, -0.2) is 4.42 Å². The number of hydrogen-bond acceptors (Lipinski definition) is 3. The van der Waals surface area contributed by atoms with E-state index in [1.54, 1.807) is 18.2 Å². The van der Waals surface area contributed by atoms with Crippen LogP contribution in [-0.4, -0.2) is 18.8 Å². The summed E-state index contributed by atoms with van der Waals surface area (Å²) in [6.45, 7) is 6.63. The summed E-state index contributed by atoms with van der Waals surface area (Å²) in [5, 5.41) is 10.8. The first-order valence-electron chi connectivity index (χ1n) is 7.91. The zero-order valence-corrected chi connectivity index (χ0v) is 14.3. The SMILES string of the molecule is CCOc1cc(-c2ccc(O)c(OC)c2)[o+]c2cc(C)cc(C)c12. The molecular formula is C20H21O4+. The van der Waals surface area contributed by atoms with Crippen LogP contribution >= 0.6 is 0 Å². The minimum Gasteiger partial charge on any atom is -0.504 e. The lowest BCUT2D eigenvalue weighted by molar-refractivity contribution is 0.342. The van der Waals surface area contributed by atoms with E-state index in [-0.39, 0.29) is 5.75 Å². The normalized spacial score (nSPS) is 10.8. The van der Waals surface area contributed by atoms with Gasteiger partial charge in [0.25, 0.3) is 0 Å². The lowest BCUT2D eigenvalue weighted by Crippen LogP contribution is -1.95. The minimum atomic E-state index is 0.0961. The second-order valence-corrected chi connectivity index (χ2v) is 5.75. The van der Waals surface area contributed by atoms with Gasteiger partial charge in [0.15, 0.2) is 11.5 Å². The Labute approximate surface area is 141 Å². The molecule has 1 aromatic heterocycles. The summed E-state index contributed by atoms with van der Waals surface area (Å²) < 4.78 is 17.1. The number of methoxy groups -OCH3 is 1. The number of aryl methyl sites for hydroxylation is 2. The second-order valence-electron chi connectivity index (χ2n) is 5.75. The van der Waals surface area contributed by atoms with E-state index in [1.165, 1.54) is 7.11 Å². The van der Waals surface area contributed by atoms with Crippen molar-refractivity contribution in [3.05, 3.63) is 47.5 Å². The Kier molecular flexibility index (Phi) is 4.30. The van der Waals surface area contributed by atoms with Gasteiger partial charge in [0.05, 0.1) is 25.3 Å². The Morgan fingerprint density at radius 2 is 1.83 bits per heavy atom. The molecule has 0 spiro atoms.